The first-order chi connectivity index (χ1) is 15.3. The molecule has 0 aliphatic rings. The highest BCUT2D eigenvalue weighted by Gasteiger charge is 2.29. The van der Waals surface area contributed by atoms with E-state index in [9.17, 15) is 13.2 Å². The third-order valence-electron chi connectivity index (χ3n) is 4.80. The van der Waals surface area contributed by atoms with Crippen LogP contribution in [0.4, 0.5) is 0 Å². The van der Waals surface area contributed by atoms with Gasteiger partial charge in [0.05, 0.1) is 23.3 Å². The molecule has 0 saturated carbocycles. The molecule has 0 aliphatic heterocycles. The Morgan fingerprint density at radius 3 is 2.31 bits per heavy atom. The van der Waals surface area contributed by atoms with Crippen LogP contribution in [0.15, 0.2) is 76.9 Å². The van der Waals surface area contributed by atoms with Crippen LogP contribution in [-0.4, -0.2) is 36.4 Å². The molecule has 0 fully saturated rings. The van der Waals surface area contributed by atoms with Gasteiger partial charge in [-0.1, -0.05) is 54.1 Å². The molecule has 0 unspecified atom stereocenters. The van der Waals surface area contributed by atoms with Crippen molar-refractivity contribution in [3.8, 4) is 0 Å². The van der Waals surface area contributed by atoms with Crippen molar-refractivity contribution in [1.29, 1.82) is 0 Å². The van der Waals surface area contributed by atoms with Gasteiger partial charge in [-0.15, -0.1) is 0 Å². The zero-order valence-electron chi connectivity index (χ0n) is 18.3. The Kier molecular flexibility index (Phi) is 7.50. The minimum Gasteiger partial charge on any atom is -0.272 e. The van der Waals surface area contributed by atoms with Crippen molar-refractivity contribution in [2.45, 2.75) is 32.2 Å². The SMILES string of the molecule is Cc1cc(C)c(S(=O)(=O)N(CC(=O)N/N=C\c2ccccn2)Cc2ccccc2)c(C)c1. The summed E-state index contributed by atoms with van der Waals surface area (Å²) in [5, 5.41) is 3.89. The van der Waals surface area contributed by atoms with Crippen LogP contribution in [0, 0.1) is 20.8 Å². The first-order valence-corrected chi connectivity index (χ1v) is 11.6. The highest BCUT2D eigenvalue weighted by Crippen LogP contribution is 2.26. The molecule has 7 nitrogen and oxygen atoms in total. The van der Waals surface area contributed by atoms with Crippen LogP contribution in [0.3, 0.4) is 0 Å². The summed E-state index contributed by atoms with van der Waals surface area (Å²) in [6, 6.07) is 18.2. The molecule has 1 amide bonds. The molecule has 1 heterocycles. The molecule has 0 saturated heterocycles. The molecule has 32 heavy (non-hydrogen) atoms. The number of carbonyl (C=O) groups is 1. The largest absolute Gasteiger partial charge is 0.272 e. The van der Waals surface area contributed by atoms with Crippen LogP contribution >= 0.6 is 0 Å². The quantitative estimate of drug-likeness (QED) is 0.421. The molecule has 0 radical (unpaired) electrons. The number of nitrogens with one attached hydrogen (secondary N) is 1. The van der Waals surface area contributed by atoms with Gasteiger partial charge in [-0.05, 0) is 49.6 Å². The van der Waals surface area contributed by atoms with Crippen LogP contribution < -0.4 is 5.43 Å². The number of sulfonamides is 1. The summed E-state index contributed by atoms with van der Waals surface area (Å²) >= 11 is 0. The summed E-state index contributed by atoms with van der Waals surface area (Å²) in [5.74, 6) is -0.542. The van der Waals surface area contributed by atoms with Crippen molar-refractivity contribution >= 4 is 22.1 Å². The minimum absolute atomic E-state index is 0.0628. The summed E-state index contributed by atoms with van der Waals surface area (Å²) in [7, 11) is -3.94. The van der Waals surface area contributed by atoms with E-state index in [0.717, 1.165) is 11.1 Å². The molecule has 3 aromatic rings. The second-order valence-electron chi connectivity index (χ2n) is 7.53. The number of aryl methyl sites for hydroxylation is 3. The Balaban J connectivity index is 1.87. The standard InChI is InChI=1S/C24H26N4O3S/c1-18-13-19(2)24(20(3)14-18)32(30,31)28(16-21-9-5-4-6-10-21)17-23(29)27-26-15-22-11-7-8-12-25-22/h4-15H,16-17H2,1-3H3,(H,27,29)/b26-15-. The zero-order valence-corrected chi connectivity index (χ0v) is 19.1. The summed E-state index contributed by atoms with van der Waals surface area (Å²) < 4.78 is 28.4. The van der Waals surface area contributed by atoms with Gasteiger partial charge >= 0.3 is 0 Å². The van der Waals surface area contributed by atoms with Gasteiger partial charge in [0.25, 0.3) is 5.91 Å². The van der Waals surface area contributed by atoms with E-state index in [2.05, 4.69) is 15.5 Å². The smallest absolute Gasteiger partial charge is 0.255 e. The van der Waals surface area contributed by atoms with E-state index in [1.807, 2.05) is 49.4 Å². The number of hydrogen-bond donors (Lipinski definition) is 1. The number of amides is 1. The molecule has 8 heteroatoms. The fraction of sp³-hybridized carbons (Fsp3) is 0.208. The lowest BCUT2D eigenvalue weighted by Gasteiger charge is -2.24. The van der Waals surface area contributed by atoms with Gasteiger partial charge < -0.3 is 0 Å². The number of pyridine rings is 1. The third kappa shape index (κ3) is 5.87. The average molecular weight is 451 g/mol. The van der Waals surface area contributed by atoms with Crippen molar-refractivity contribution in [2.75, 3.05) is 6.54 Å². The number of hydrazone groups is 1. The number of benzene rings is 2. The van der Waals surface area contributed by atoms with Gasteiger partial charge in [-0.3, -0.25) is 9.78 Å². The molecule has 1 N–H and O–H groups in total. The number of rotatable bonds is 8. The maximum absolute atomic E-state index is 13.6. The van der Waals surface area contributed by atoms with E-state index in [1.165, 1.54) is 10.5 Å². The molecule has 166 valence electrons. The van der Waals surface area contributed by atoms with Gasteiger partial charge in [0, 0.05) is 12.7 Å². The Bertz CT molecular complexity index is 1190. The number of aromatic nitrogens is 1. The normalized spacial score (nSPS) is 11.8. The first-order valence-electron chi connectivity index (χ1n) is 10.1. The lowest BCUT2D eigenvalue weighted by atomic mass is 10.1. The maximum atomic E-state index is 13.6. The Morgan fingerprint density at radius 1 is 1.03 bits per heavy atom. The number of carbonyl (C=O) groups excluding carboxylic acids is 1. The van der Waals surface area contributed by atoms with Crippen molar-refractivity contribution in [2.24, 2.45) is 5.10 Å². The van der Waals surface area contributed by atoms with Gasteiger partial charge in [0.15, 0.2) is 0 Å². The molecule has 0 atom stereocenters. The molecule has 3 rings (SSSR count). The van der Waals surface area contributed by atoms with Crippen molar-refractivity contribution < 1.29 is 13.2 Å². The predicted octanol–water partition coefficient (Wildman–Crippen LogP) is 3.35. The topological polar surface area (TPSA) is 91.7 Å². The Morgan fingerprint density at radius 2 is 1.69 bits per heavy atom. The maximum Gasteiger partial charge on any atom is 0.255 e. The van der Waals surface area contributed by atoms with E-state index in [0.29, 0.717) is 16.8 Å². The summed E-state index contributed by atoms with van der Waals surface area (Å²) in [6.07, 6.45) is 3.02. The van der Waals surface area contributed by atoms with Crippen molar-refractivity contribution in [3.05, 3.63) is 94.8 Å². The highest BCUT2D eigenvalue weighted by atomic mass is 32.2. The summed E-state index contributed by atoms with van der Waals surface area (Å²) in [6.45, 7) is 5.15. The number of hydrogen-bond acceptors (Lipinski definition) is 5. The molecule has 2 aromatic carbocycles. The molecule has 1 aromatic heterocycles. The second kappa shape index (κ2) is 10.3. The second-order valence-corrected chi connectivity index (χ2v) is 9.41. The van der Waals surface area contributed by atoms with Gasteiger partial charge in [-0.2, -0.15) is 9.41 Å². The Hall–Kier alpha value is -3.36. The van der Waals surface area contributed by atoms with Crippen LogP contribution in [0.25, 0.3) is 0 Å². The zero-order chi connectivity index (χ0) is 23.1. The van der Waals surface area contributed by atoms with E-state index in [-0.39, 0.29) is 18.0 Å². The van der Waals surface area contributed by atoms with E-state index in [1.54, 1.807) is 38.2 Å². The first kappa shape index (κ1) is 23.3. The van der Waals surface area contributed by atoms with Gasteiger partial charge in [-0.25, -0.2) is 13.8 Å². The average Bonchev–Trinajstić information content (AvgIpc) is 2.74. The molecule has 0 spiro atoms. The van der Waals surface area contributed by atoms with Gasteiger partial charge in [0.2, 0.25) is 10.0 Å². The highest BCUT2D eigenvalue weighted by molar-refractivity contribution is 7.89. The fourth-order valence-corrected chi connectivity index (χ4v) is 5.33. The lowest BCUT2D eigenvalue weighted by Crippen LogP contribution is -2.39. The van der Waals surface area contributed by atoms with E-state index in [4.69, 9.17) is 0 Å². The molecule has 0 bridgehead atoms. The van der Waals surface area contributed by atoms with Crippen LogP contribution in [0.2, 0.25) is 0 Å². The fourth-order valence-electron chi connectivity index (χ4n) is 3.53. The molecule has 0 aliphatic carbocycles. The molecular weight excluding hydrogens is 424 g/mol. The molecular formula is C24H26N4O3S. The Labute approximate surface area is 188 Å². The number of nitrogens with zero attached hydrogens (tertiary/aromatic N) is 3. The lowest BCUT2D eigenvalue weighted by molar-refractivity contribution is -0.121. The third-order valence-corrected chi connectivity index (χ3v) is 6.90. The monoisotopic (exact) mass is 450 g/mol. The van der Waals surface area contributed by atoms with E-state index < -0.39 is 15.9 Å². The summed E-state index contributed by atoms with van der Waals surface area (Å²) in [4.78, 5) is 16.9. The predicted molar refractivity (Wildman–Crippen MR) is 125 cm³/mol. The van der Waals surface area contributed by atoms with Crippen LogP contribution in [-0.2, 0) is 21.4 Å². The van der Waals surface area contributed by atoms with Crippen molar-refractivity contribution in [1.82, 2.24) is 14.7 Å². The van der Waals surface area contributed by atoms with Crippen LogP contribution in [0.1, 0.15) is 27.9 Å². The van der Waals surface area contributed by atoms with Crippen molar-refractivity contribution in [3.63, 3.8) is 0 Å². The minimum atomic E-state index is -3.94. The van der Waals surface area contributed by atoms with Gasteiger partial charge in [0.1, 0.15) is 0 Å². The summed E-state index contributed by atoms with van der Waals surface area (Å²) in [5.41, 5.74) is 6.03. The van der Waals surface area contributed by atoms with Crippen LogP contribution in [0.5, 0.6) is 0 Å². The van der Waals surface area contributed by atoms with E-state index >= 15 is 0 Å².